The van der Waals surface area contributed by atoms with Crippen LogP contribution in [0.2, 0.25) is 5.02 Å². The summed E-state index contributed by atoms with van der Waals surface area (Å²) in [4.78, 5) is 14.1. The van der Waals surface area contributed by atoms with Gasteiger partial charge in [-0.15, -0.1) is 0 Å². The van der Waals surface area contributed by atoms with Gasteiger partial charge in [0.25, 0.3) is 0 Å². The molecule has 0 unspecified atom stereocenters. The Balaban J connectivity index is 2.37. The fraction of sp³-hybridized carbons (Fsp3) is 0.0769. The number of carboxylic acids is 1. The first-order valence-electron chi connectivity index (χ1n) is 5.35. The third kappa shape index (κ3) is 2.91. The number of rotatable bonds is 2. The van der Waals surface area contributed by atoms with Gasteiger partial charge in [-0.25, -0.2) is 4.79 Å². The highest BCUT2D eigenvalue weighted by atomic mass is 35.5. The molecule has 0 fully saturated rings. The van der Waals surface area contributed by atoms with Gasteiger partial charge in [0, 0.05) is 11.8 Å². The van der Waals surface area contributed by atoms with Crippen molar-refractivity contribution in [3.63, 3.8) is 0 Å². The molecule has 104 valence electrons. The fourth-order valence-electron chi connectivity index (χ4n) is 1.60. The fourth-order valence-corrected chi connectivity index (χ4v) is 1.86. The van der Waals surface area contributed by atoms with Crippen molar-refractivity contribution in [1.82, 2.24) is 4.98 Å². The molecule has 0 bridgehead atoms. The van der Waals surface area contributed by atoms with E-state index < -0.39 is 17.8 Å². The van der Waals surface area contributed by atoms with Crippen molar-refractivity contribution < 1.29 is 23.1 Å². The zero-order valence-corrected chi connectivity index (χ0v) is 10.5. The number of hydrogen-bond donors (Lipinski definition) is 1. The molecule has 0 spiro atoms. The molecule has 0 amide bonds. The molecule has 1 aromatic heterocycles. The number of aromatic carboxylic acids is 1. The first-order valence-corrected chi connectivity index (χ1v) is 5.73. The Morgan fingerprint density at radius 1 is 1.15 bits per heavy atom. The Labute approximate surface area is 116 Å². The molecule has 0 aliphatic rings. The van der Waals surface area contributed by atoms with Gasteiger partial charge in [-0.05, 0) is 23.8 Å². The zero-order chi connectivity index (χ0) is 14.9. The van der Waals surface area contributed by atoms with E-state index in [1.165, 1.54) is 24.3 Å². The normalized spacial score (nSPS) is 11.4. The highest BCUT2D eigenvalue weighted by molar-refractivity contribution is 6.33. The van der Waals surface area contributed by atoms with Crippen molar-refractivity contribution in [2.24, 2.45) is 0 Å². The molecule has 0 radical (unpaired) electrons. The molecule has 1 N–H and O–H groups in total. The molecule has 0 saturated heterocycles. The van der Waals surface area contributed by atoms with Crippen molar-refractivity contribution in [1.29, 1.82) is 0 Å². The first-order chi connectivity index (χ1) is 9.29. The molecule has 1 heterocycles. The Morgan fingerprint density at radius 3 is 2.25 bits per heavy atom. The van der Waals surface area contributed by atoms with Gasteiger partial charge in [0.1, 0.15) is 5.69 Å². The molecule has 0 aliphatic carbocycles. The maximum absolute atomic E-state index is 12.4. The van der Waals surface area contributed by atoms with Crippen LogP contribution in [0.1, 0.15) is 16.1 Å². The minimum absolute atomic E-state index is 0.00916. The number of hydrogen-bond acceptors (Lipinski definition) is 2. The van der Waals surface area contributed by atoms with Crippen molar-refractivity contribution in [2.45, 2.75) is 6.18 Å². The van der Waals surface area contributed by atoms with Crippen LogP contribution in [0.5, 0.6) is 0 Å². The summed E-state index contributed by atoms with van der Waals surface area (Å²) in [6.07, 6.45) is -3.43. The van der Waals surface area contributed by atoms with Crippen LogP contribution in [0.3, 0.4) is 0 Å². The summed E-state index contributed by atoms with van der Waals surface area (Å²) in [5, 5.41) is 8.84. The van der Waals surface area contributed by atoms with Crippen LogP contribution >= 0.6 is 11.6 Å². The molecule has 0 saturated carbocycles. The Kier molecular flexibility index (Phi) is 3.67. The summed E-state index contributed by atoms with van der Waals surface area (Å²) in [7, 11) is 0. The average Bonchev–Trinajstić information content (AvgIpc) is 2.37. The molecular formula is C13H7ClF3NO2. The van der Waals surface area contributed by atoms with Gasteiger partial charge in [-0.1, -0.05) is 23.7 Å². The number of alkyl halides is 3. The minimum Gasteiger partial charge on any atom is -0.478 e. The number of halogens is 4. The number of carboxylic acid groups (broad SMARTS) is 1. The quantitative estimate of drug-likeness (QED) is 0.907. The molecule has 1 aromatic carbocycles. The summed E-state index contributed by atoms with van der Waals surface area (Å²) in [5.41, 5.74) is -0.164. The van der Waals surface area contributed by atoms with E-state index in [4.69, 9.17) is 16.7 Å². The third-order valence-electron chi connectivity index (χ3n) is 2.59. The maximum Gasteiger partial charge on any atom is 0.433 e. The van der Waals surface area contributed by atoms with E-state index in [0.717, 1.165) is 12.3 Å². The standard InChI is InChI=1S/C13H7ClF3NO2/c14-10-5-7(1-3-9(10)12(19)20)8-2-4-11(18-6-8)13(15,16)17/h1-6H,(H,19,20). The second-order valence-electron chi connectivity index (χ2n) is 3.93. The average molecular weight is 302 g/mol. The van der Waals surface area contributed by atoms with Crippen LogP contribution in [-0.4, -0.2) is 16.1 Å². The van der Waals surface area contributed by atoms with E-state index in [1.807, 2.05) is 0 Å². The van der Waals surface area contributed by atoms with E-state index in [1.54, 1.807) is 0 Å². The van der Waals surface area contributed by atoms with Crippen LogP contribution in [-0.2, 0) is 6.18 Å². The van der Waals surface area contributed by atoms with Gasteiger partial charge in [0.05, 0.1) is 10.6 Å². The lowest BCUT2D eigenvalue weighted by Gasteiger charge is -2.07. The zero-order valence-electron chi connectivity index (χ0n) is 9.78. The van der Waals surface area contributed by atoms with Crippen molar-refractivity contribution in [3.05, 3.63) is 52.8 Å². The van der Waals surface area contributed by atoms with E-state index in [9.17, 15) is 18.0 Å². The van der Waals surface area contributed by atoms with Crippen LogP contribution in [0, 0.1) is 0 Å². The van der Waals surface area contributed by atoms with E-state index in [2.05, 4.69) is 4.98 Å². The maximum atomic E-state index is 12.4. The van der Waals surface area contributed by atoms with Gasteiger partial charge >= 0.3 is 12.1 Å². The molecule has 0 atom stereocenters. The molecule has 20 heavy (non-hydrogen) atoms. The van der Waals surface area contributed by atoms with Crippen molar-refractivity contribution in [3.8, 4) is 11.1 Å². The first kappa shape index (κ1) is 14.3. The van der Waals surface area contributed by atoms with Gasteiger partial charge in [-0.2, -0.15) is 13.2 Å². The van der Waals surface area contributed by atoms with Crippen molar-refractivity contribution in [2.75, 3.05) is 0 Å². The summed E-state index contributed by atoms with van der Waals surface area (Å²) >= 11 is 5.80. The molecule has 2 aromatic rings. The van der Waals surface area contributed by atoms with Gasteiger partial charge in [0.15, 0.2) is 0 Å². The Morgan fingerprint density at radius 2 is 1.80 bits per heavy atom. The Hall–Kier alpha value is -2.08. The van der Waals surface area contributed by atoms with E-state index >= 15 is 0 Å². The van der Waals surface area contributed by atoms with E-state index in [0.29, 0.717) is 11.1 Å². The van der Waals surface area contributed by atoms with Crippen LogP contribution in [0.25, 0.3) is 11.1 Å². The summed E-state index contributed by atoms with van der Waals surface area (Å²) in [6.45, 7) is 0. The smallest absolute Gasteiger partial charge is 0.433 e. The number of carbonyl (C=O) groups is 1. The summed E-state index contributed by atoms with van der Waals surface area (Å²) < 4.78 is 37.1. The number of nitrogens with zero attached hydrogens (tertiary/aromatic N) is 1. The van der Waals surface area contributed by atoms with Crippen LogP contribution in [0.4, 0.5) is 13.2 Å². The lowest BCUT2D eigenvalue weighted by atomic mass is 10.1. The molecular weight excluding hydrogens is 295 g/mol. The minimum atomic E-state index is -4.50. The molecule has 7 heteroatoms. The van der Waals surface area contributed by atoms with Gasteiger partial charge in [0.2, 0.25) is 0 Å². The largest absolute Gasteiger partial charge is 0.478 e. The number of aromatic nitrogens is 1. The lowest BCUT2D eigenvalue weighted by Crippen LogP contribution is -2.07. The highest BCUT2D eigenvalue weighted by Crippen LogP contribution is 2.30. The number of pyridine rings is 1. The lowest BCUT2D eigenvalue weighted by molar-refractivity contribution is -0.141. The molecule has 3 nitrogen and oxygen atoms in total. The predicted molar refractivity (Wildman–Crippen MR) is 66.6 cm³/mol. The topological polar surface area (TPSA) is 50.2 Å². The van der Waals surface area contributed by atoms with Crippen LogP contribution in [0.15, 0.2) is 36.5 Å². The van der Waals surface area contributed by atoms with Gasteiger partial charge in [-0.3, -0.25) is 4.98 Å². The number of benzene rings is 1. The SMILES string of the molecule is O=C(O)c1ccc(-c2ccc(C(F)(F)F)nc2)cc1Cl. The van der Waals surface area contributed by atoms with E-state index in [-0.39, 0.29) is 10.6 Å². The molecule has 0 aliphatic heterocycles. The second-order valence-corrected chi connectivity index (χ2v) is 4.34. The highest BCUT2D eigenvalue weighted by Gasteiger charge is 2.32. The third-order valence-corrected chi connectivity index (χ3v) is 2.90. The van der Waals surface area contributed by atoms with Gasteiger partial charge < -0.3 is 5.11 Å². The second kappa shape index (κ2) is 5.13. The monoisotopic (exact) mass is 301 g/mol. The predicted octanol–water partition coefficient (Wildman–Crippen LogP) is 4.12. The summed E-state index contributed by atoms with van der Waals surface area (Å²) in [6, 6.07) is 6.23. The van der Waals surface area contributed by atoms with Crippen molar-refractivity contribution >= 4 is 17.6 Å². The summed E-state index contributed by atoms with van der Waals surface area (Å²) in [5.74, 6) is -1.17. The Bertz CT molecular complexity index is 654. The molecule has 2 rings (SSSR count). The van der Waals surface area contributed by atoms with Crippen LogP contribution < -0.4 is 0 Å².